The first-order valence-corrected chi connectivity index (χ1v) is 7.08. The number of fused-ring (bicyclic) bond motifs is 1. The van der Waals surface area contributed by atoms with E-state index in [0.717, 1.165) is 4.57 Å². The summed E-state index contributed by atoms with van der Waals surface area (Å²) in [4.78, 5) is 32.4. The van der Waals surface area contributed by atoms with Crippen molar-refractivity contribution in [2.24, 2.45) is 14.1 Å². The molecule has 3 aromatic rings. The van der Waals surface area contributed by atoms with E-state index in [1.54, 1.807) is 36.9 Å². The molecule has 0 aliphatic rings. The number of nitrogens with zero attached hydrogens (tertiary/aromatic N) is 5. The molecule has 2 aromatic heterocycles. The first-order valence-electron chi connectivity index (χ1n) is 6.70. The summed E-state index contributed by atoms with van der Waals surface area (Å²) in [5, 5.41) is 0.339. The Kier molecular flexibility index (Phi) is 3.54. The molecule has 0 spiro atoms. The molecule has 0 radical (unpaired) electrons. The summed E-state index contributed by atoms with van der Waals surface area (Å²) in [6, 6.07) is 4.85. The van der Waals surface area contributed by atoms with Crippen molar-refractivity contribution in [2.75, 3.05) is 0 Å². The molecule has 1 aromatic carbocycles. The maximum atomic E-state index is 12.6. The van der Waals surface area contributed by atoms with Crippen molar-refractivity contribution < 1.29 is 0 Å². The van der Waals surface area contributed by atoms with Crippen molar-refractivity contribution in [2.45, 2.75) is 6.54 Å². The van der Waals surface area contributed by atoms with Gasteiger partial charge in [-0.3, -0.25) is 13.9 Å². The van der Waals surface area contributed by atoms with Crippen LogP contribution in [0.25, 0.3) is 16.0 Å². The largest absolute Gasteiger partial charge is 0.332 e. The third-order valence-corrected chi connectivity index (χ3v) is 3.99. The van der Waals surface area contributed by atoms with Gasteiger partial charge in [-0.2, -0.15) is 0 Å². The topological polar surface area (TPSA) is 66.2 Å². The fourth-order valence-electron chi connectivity index (χ4n) is 2.46. The lowest BCUT2D eigenvalue weighted by atomic mass is 10.2. The smallest absolute Gasteiger partial charge is 0.328 e. The quantitative estimate of drug-likeness (QED) is 0.672. The van der Waals surface area contributed by atoms with Crippen LogP contribution in [-0.4, -0.2) is 18.7 Å². The average molecular weight is 330 g/mol. The van der Waals surface area contributed by atoms with E-state index in [0.29, 0.717) is 21.7 Å². The van der Waals surface area contributed by atoms with Gasteiger partial charge in [0.25, 0.3) is 5.56 Å². The number of aryl methyl sites for hydroxylation is 2. The van der Waals surface area contributed by atoms with Crippen LogP contribution >= 0.6 is 11.6 Å². The van der Waals surface area contributed by atoms with Crippen molar-refractivity contribution in [3.8, 4) is 0 Å². The van der Waals surface area contributed by atoms with Crippen LogP contribution in [0.5, 0.6) is 0 Å². The molecule has 2 heterocycles. The molecule has 0 aliphatic heterocycles. The van der Waals surface area contributed by atoms with Crippen molar-refractivity contribution in [3.63, 3.8) is 0 Å². The zero-order valence-electron chi connectivity index (χ0n) is 12.4. The number of hydrogen-bond acceptors (Lipinski definition) is 3. The normalized spacial score (nSPS) is 10.9. The summed E-state index contributed by atoms with van der Waals surface area (Å²) in [6.45, 7) is 7.15. The molecule has 0 saturated heterocycles. The van der Waals surface area contributed by atoms with Crippen LogP contribution in [0.3, 0.4) is 0 Å². The van der Waals surface area contributed by atoms with Crippen LogP contribution in [-0.2, 0) is 20.6 Å². The van der Waals surface area contributed by atoms with Crippen LogP contribution in [0.2, 0.25) is 5.02 Å². The molecule has 0 amide bonds. The second kappa shape index (κ2) is 5.41. The van der Waals surface area contributed by atoms with Gasteiger partial charge in [0.05, 0.1) is 19.4 Å². The predicted molar refractivity (Wildman–Crippen MR) is 87.0 cm³/mol. The third kappa shape index (κ3) is 2.33. The van der Waals surface area contributed by atoms with Gasteiger partial charge < -0.3 is 4.57 Å². The van der Waals surface area contributed by atoms with E-state index in [-0.39, 0.29) is 12.2 Å². The highest BCUT2D eigenvalue weighted by Crippen LogP contribution is 2.25. The van der Waals surface area contributed by atoms with E-state index in [1.807, 2.05) is 0 Å². The predicted octanol–water partition coefficient (Wildman–Crippen LogP) is 1.69. The van der Waals surface area contributed by atoms with Crippen LogP contribution < -0.4 is 11.2 Å². The molecule has 8 heteroatoms. The number of rotatable bonds is 2. The molecule has 3 rings (SSSR count). The van der Waals surface area contributed by atoms with Gasteiger partial charge in [-0.15, -0.1) is 0 Å². The van der Waals surface area contributed by atoms with Crippen LogP contribution in [0.15, 0.2) is 34.1 Å². The Morgan fingerprint density at radius 3 is 2.74 bits per heavy atom. The first kappa shape index (κ1) is 15.1. The molecule has 0 saturated carbocycles. The summed E-state index contributed by atoms with van der Waals surface area (Å²) < 4.78 is 4.05. The van der Waals surface area contributed by atoms with Crippen molar-refractivity contribution in [1.82, 2.24) is 18.7 Å². The number of aromatic nitrogens is 4. The number of benzene rings is 1. The van der Waals surface area contributed by atoms with Crippen molar-refractivity contribution in [1.29, 1.82) is 0 Å². The number of imidazole rings is 1. The Labute approximate surface area is 135 Å². The zero-order chi connectivity index (χ0) is 16.7. The molecule has 23 heavy (non-hydrogen) atoms. The highest BCUT2D eigenvalue weighted by atomic mass is 35.5. The highest BCUT2D eigenvalue weighted by Gasteiger charge is 2.15. The minimum Gasteiger partial charge on any atom is -0.328 e. The van der Waals surface area contributed by atoms with E-state index in [2.05, 4.69) is 9.83 Å². The molecule has 0 atom stereocenters. The molecule has 0 unspecified atom stereocenters. The minimum atomic E-state index is -0.458. The highest BCUT2D eigenvalue weighted by molar-refractivity contribution is 6.33. The summed E-state index contributed by atoms with van der Waals surface area (Å²) >= 11 is 5.91. The summed E-state index contributed by atoms with van der Waals surface area (Å²) in [5.74, 6) is 0. The van der Waals surface area contributed by atoms with Crippen molar-refractivity contribution in [3.05, 3.63) is 67.4 Å². The van der Waals surface area contributed by atoms with Gasteiger partial charge in [0, 0.05) is 19.1 Å². The fraction of sp³-hybridized carbons (Fsp3) is 0.200. The molecule has 7 nitrogen and oxygen atoms in total. The summed E-state index contributed by atoms with van der Waals surface area (Å²) in [5.41, 5.74) is 0.767. The van der Waals surface area contributed by atoms with Gasteiger partial charge in [-0.25, -0.2) is 14.6 Å². The van der Waals surface area contributed by atoms with Gasteiger partial charge in [0.15, 0.2) is 11.2 Å². The Hall–Kier alpha value is -2.85. The summed E-state index contributed by atoms with van der Waals surface area (Å²) in [6.07, 6.45) is 1.50. The maximum Gasteiger partial charge on any atom is 0.332 e. The minimum absolute atomic E-state index is 0.0618. The van der Waals surface area contributed by atoms with Crippen LogP contribution in [0.1, 0.15) is 5.56 Å². The van der Waals surface area contributed by atoms with E-state index >= 15 is 0 Å². The molecule has 116 valence electrons. The van der Waals surface area contributed by atoms with Gasteiger partial charge in [0.1, 0.15) is 0 Å². The Morgan fingerprint density at radius 2 is 2.04 bits per heavy atom. The van der Waals surface area contributed by atoms with Gasteiger partial charge in [0.2, 0.25) is 5.69 Å². The van der Waals surface area contributed by atoms with Crippen LogP contribution in [0, 0.1) is 6.57 Å². The van der Waals surface area contributed by atoms with Crippen LogP contribution in [0.4, 0.5) is 5.69 Å². The fourth-order valence-corrected chi connectivity index (χ4v) is 2.62. The number of hydrogen-bond donors (Lipinski definition) is 0. The zero-order valence-corrected chi connectivity index (χ0v) is 13.2. The maximum absolute atomic E-state index is 12.6. The first-order chi connectivity index (χ1) is 10.9. The Bertz CT molecular complexity index is 1080. The lowest BCUT2D eigenvalue weighted by molar-refractivity contribution is 0.655. The second-order valence-corrected chi connectivity index (χ2v) is 5.57. The average Bonchev–Trinajstić information content (AvgIpc) is 2.93. The lowest BCUT2D eigenvalue weighted by Crippen LogP contribution is -2.39. The lowest BCUT2D eigenvalue weighted by Gasteiger charge is -2.09. The third-order valence-electron chi connectivity index (χ3n) is 3.67. The number of halogens is 1. The molecule has 0 fully saturated rings. The summed E-state index contributed by atoms with van der Waals surface area (Å²) in [7, 11) is 3.27. The van der Waals surface area contributed by atoms with Gasteiger partial charge >= 0.3 is 5.69 Å². The van der Waals surface area contributed by atoms with E-state index in [1.165, 1.54) is 10.9 Å². The molecule has 0 N–H and O–H groups in total. The molecular formula is C15H12ClN5O2. The molecule has 0 aliphatic carbocycles. The SMILES string of the molecule is [C-]#[N+]c1cc(Cn2c(=O)c3c(ncn3C)n(C)c2=O)ccc1Cl. The Morgan fingerprint density at radius 1 is 1.30 bits per heavy atom. The van der Waals surface area contributed by atoms with E-state index < -0.39 is 11.2 Å². The second-order valence-electron chi connectivity index (χ2n) is 5.16. The van der Waals surface area contributed by atoms with E-state index in [9.17, 15) is 9.59 Å². The van der Waals surface area contributed by atoms with Gasteiger partial charge in [-0.05, 0) is 11.6 Å². The monoisotopic (exact) mass is 329 g/mol. The Balaban J connectivity index is 2.22. The standard InChI is InChI=1S/C15H12ClN5O2/c1-17-11-6-9(4-5-10(11)16)7-21-14(22)12-13(18-8-19(12)2)20(3)15(21)23/h4-6,8H,7H2,2-3H3. The van der Waals surface area contributed by atoms with Gasteiger partial charge in [-0.1, -0.05) is 23.7 Å². The van der Waals surface area contributed by atoms with Crippen molar-refractivity contribution >= 4 is 28.5 Å². The molecule has 0 bridgehead atoms. The molecular weight excluding hydrogens is 318 g/mol. The van der Waals surface area contributed by atoms with E-state index in [4.69, 9.17) is 18.2 Å².